The summed E-state index contributed by atoms with van der Waals surface area (Å²) in [6.07, 6.45) is 1.51. The first kappa shape index (κ1) is 16.1. The molecule has 0 saturated carbocycles. The second-order valence-electron chi connectivity index (χ2n) is 5.60. The molecule has 0 bridgehead atoms. The van der Waals surface area contributed by atoms with Crippen LogP contribution in [0.25, 0.3) is 0 Å². The number of ether oxygens (including phenoxy) is 2. The minimum absolute atomic E-state index is 0.754. The molecule has 0 aliphatic carbocycles. The molecule has 122 valence electrons. The molecule has 0 saturated heterocycles. The Morgan fingerprint density at radius 3 is 1.54 bits per heavy atom. The highest BCUT2D eigenvalue weighted by atomic mass is 16.5. The van der Waals surface area contributed by atoms with Gasteiger partial charge in [-0.1, -0.05) is 42.5 Å². The molecule has 0 aliphatic heterocycles. The maximum atomic E-state index is 5.43. The van der Waals surface area contributed by atoms with E-state index in [0.717, 1.165) is 46.9 Å². The first-order valence-electron chi connectivity index (χ1n) is 7.98. The lowest BCUT2D eigenvalue weighted by molar-refractivity contribution is 0.410. The standard InChI is InChI=1S/C21H21NO2/c1-23-20-12-5-3-8-16(20)14-18-10-7-11-19(22-18)15-17-9-4-6-13-21(17)24-2/h3-13H,14-15H2,1-2H3. The zero-order chi connectivity index (χ0) is 16.8. The van der Waals surface area contributed by atoms with Crippen molar-refractivity contribution in [2.45, 2.75) is 12.8 Å². The Labute approximate surface area is 142 Å². The molecule has 3 aromatic rings. The van der Waals surface area contributed by atoms with Gasteiger partial charge in [0.15, 0.2) is 0 Å². The number of benzene rings is 2. The second-order valence-corrected chi connectivity index (χ2v) is 5.60. The third kappa shape index (κ3) is 3.74. The van der Waals surface area contributed by atoms with Gasteiger partial charge in [0.25, 0.3) is 0 Å². The van der Waals surface area contributed by atoms with E-state index in [2.05, 4.69) is 30.3 Å². The Hall–Kier alpha value is -2.81. The van der Waals surface area contributed by atoms with Crippen molar-refractivity contribution in [2.75, 3.05) is 14.2 Å². The molecule has 0 unspecified atom stereocenters. The van der Waals surface area contributed by atoms with Gasteiger partial charge in [0, 0.05) is 35.4 Å². The Kier molecular flexibility index (Phi) is 5.12. The van der Waals surface area contributed by atoms with Crippen molar-refractivity contribution in [3.8, 4) is 11.5 Å². The minimum atomic E-state index is 0.754. The van der Waals surface area contributed by atoms with E-state index in [1.165, 1.54) is 0 Å². The minimum Gasteiger partial charge on any atom is -0.496 e. The van der Waals surface area contributed by atoms with Crippen molar-refractivity contribution in [3.63, 3.8) is 0 Å². The van der Waals surface area contributed by atoms with Crippen molar-refractivity contribution in [3.05, 3.63) is 89.2 Å². The smallest absolute Gasteiger partial charge is 0.122 e. The molecule has 3 nitrogen and oxygen atoms in total. The van der Waals surface area contributed by atoms with E-state index in [0.29, 0.717) is 0 Å². The molecule has 2 aromatic carbocycles. The van der Waals surface area contributed by atoms with Gasteiger partial charge in [0.1, 0.15) is 11.5 Å². The van der Waals surface area contributed by atoms with Crippen molar-refractivity contribution in [1.82, 2.24) is 4.98 Å². The Morgan fingerprint density at radius 2 is 1.08 bits per heavy atom. The van der Waals surface area contributed by atoms with Crippen LogP contribution in [0.3, 0.4) is 0 Å². The van der Waals surface area contributed by atoms with Crippen molar-refractivity contribution in [2.24, 2.45) is 0 Å². The zero-order valence-electron chi connectivity index (χ0n) is 14.0. The first-order valence-corrected chi connectivity index (χ1v) is 7.98. The number of nitrogens with zero attached hydrogens (tertiary/aromatic N) is 1. The maximum absolute atomic E-state index is 5.43. The quantitative estimate of drug-likeness (QED) is 0.679. The van der Waals surface area contributed by atoms with E-state index in [4.69, 9.17) is 14.5 Å². The van der Waals surface area contributed by atoms with E-state index in [1.807, 2.05) is 36.4 Å². The van der Waals surface area contributed by atoms with Crippen LogP contribution in [-0.2, 0) is 12.8 Å². The van der Waals surface area contributed by atoms with Gasteiger partial charge in [0.2, 0.25) is 0 Å². The van der Waals surface area contributed by atoms with E-state index >= 15 is 0 Å². The molecular formula is C21H21NO2. The van der Waals surface area contributed by atoms with E-state index in [1.54, 1.807) is 14.2 Å². The second kappa shape index (κ2) is 7.64. The lowest BCUT2D eigenvalue weighted by Crippen LogP contribution is -2.00. The average molecular weight is 319 g/mol. The van der Waals surface area contributed by atoms with Gasteiger partial charge in [-0.2, -0.15) is 0 Å². The Bertz CT molecular complexity index is 749. The summed E-state index contributed by atoms with van der Waals surface area (Å²) in [4.78, 5) is 4.80. The van der Waals surface area contributed by atoms with Gasteiger partial charge in [-0.05, 0) is 24.3 Å². The number of pyridine rings is 1. The lowest BCUT2D eigenvalue weighted by Gasteiger charge is -2.10. The molecule has 0 radical (unpaired) electrons. The number of hydrogen-bond donors (Lipinski definition) is 0. The van der Waals surface area contributed by atoms with E-state index in [-0.39, 0.29) is 0 Å². The van der Waals surface area contributed by atoms with Crippen LogP contribution in [0, 0.1) is 0 Å². The number of aromatic nitrogens is 1. The fraction of sp³-hybridized carbons (Fsp3) is 0.190. The van der Waals surface area contributed by atoms with Gasteiger partial charge in [0.05, 0.1) is 14.2 Å². The van der Waals surface area contributed by atoms with Crippen LogP contribution in [0.1, 0.15) is 22.5 Å². The molecule has 0 amide bonds. The Balaban J connectivity index is 1.82. The van der Waals surface area contributed by atoms with Gasteiger partial charge >= 0.3 is 0 Å². The summed E-state index contributed by atoms with van der Waals surface area (Å²) >= 11 is 0. The van der Waals surface area contributed by atoms with E-state index < -0.39 is 0 Å². The molecule has 0 atom stereocenters. The molecular weight excluding hydrogens is 298 g/mol. The first-order chi connectivity index (χ1) is 11.8. The summed E-state index contributed by atoms with van der Waals surface area (Å²) in [5, 5.41) is 0. The van der Waals surface area contributed by atoms with Gasteiger partial charge in [-0.3, -0.25) is 4.98 Å². The highest BCUT2D eigenvalue weighted by molar-refractivity contribution is 5.38. The van der Waals surface area contributed by atoms with Crippen LogP contribution in [0.5, 0.6) is 11.5 Å². The fourth-order valence-electron chi connectivity index (χ4n) is 2.81. The molecule has 1 heterocycles. The van der Waals surface area contributed by atoms with Crippen LogP contribution in [0.2, 0.25) is 0 Å². The summed E-state index contributed by atoms with van der Waals surface area (Å²) in [7, 11) is 3.40. The average Bonchev–Trinajstić information content (AvgIpc) is 2.63. The molecule has 3 heteroatoms. The summed E-state index contributed by atoms with van der Waals surface area (Å²) in [6, 6.07) is 22.3. The SMILES string of the molecule is COc1ccccc1Cc1cccc(Cc2ccccc2OC)n1. The molecule has 0 N–H and O–H groups in total. The predicted molar refractivity (Wildman–Crippen MR) is 95.8 cm³/mol. The van der Waals surface area contributed by atoms with Gasteiger partial charge in [-0.25, -0.2) is 0 Å². The molecule has 0 fully saturated rings. The van der Waals surface area contributed by atoms with Crippen LogP contribution in [-0.4, -0.2) is 19.2 Å². The summed E-state index contributed by atoms with van der Waals surface area (Å²) < 4.78 is 10.9. The van der Waals surface area contributed by atoms with Gasteiger partial charge < -0.3 is 9.47 Å². The maximum Gasteiger partial charge on any atom is 0.122 e. The molecule has 3 rings (SSSR count). The zero-order valence-corrected chi connectivity index (χ0v) is 14.0. The van der Waals surface area contributed by atoms with Crippen molar-refractivity contribution in [1.29, 1.82) is 0 Å². The van der Waals surface area contributed by atoms with Crippen LogP contribution < -0.4 is 9.47 Å². The molecule has 0 aliphatic rings. The normalized spacial score (nSPS) is 10.4. The third-order valence-electron chi connectivity index (χ3n) is 3.99. The number of methoxy groups -OCH3 is 2. The van der Waals surface area contributed by atoms with Crippen molar-refractivity contribution >= 4 is 0 Å². The number of hydrogen-bond acceptors (Lipinski definition) is 3. The van der Waals surface area contributed by atoms with Crippen LogP contribution in [0.15, 0.2) is 66.7 Å². The number of para-hydroxylation sites is 2. The van der Waals surface area contributed by atoms with Gasteiger partial charge in [-0.15, -0.1) is 0 Å². The monoisotopic (exact) mass is 319 g/mol. The number of rotatable bonds is 6. The largest absolute Gasteiger partial charge is 0.496 e. The molecule has 24 heavy (non-hydrogen) atoms. The topological polar surface area (TPSA) is 31.4 Å². The Morgan fingerprint density at radius 1 is 0.625 bits per heavy atom. The van der Waals surface area contributed by atoms with Crippen molar-refractivity contribution < 1.29 is 9.47 Å². The molecule has 1 aromatic heterocycles. The van der Waals surface area contributed by atoms with Crippen LogP contribution >= 0.6 is 0 Å². The highest BCUT2D eigenvalue weighted by Gasteiger charge is 2.07. The third-order valence-corrected chi connectivity index (χ3v) is 3.99. The highest BCUT2D eigenvalue weighted by Crippen LogP contribution is 2.22. The molecule has 0 spiro atoms. The lowest BCUT2D eigenvalue weighted by atomic mass is 10.1. The summed E-state index contributed by atoms with van der Waals surface area (Å²) in [5.41, 5.74) is 4.35. The predicted octanol–water partition coefficient (Wildman–Crippen LogP) is 4.28. The van der Waals surface area contributed by atoms with E-state index in [9.17, 15) is 0 Å². The van der Waals surface area contributed by atoms with Crippen LogP contribution in [0.4, 0.5) is 0 Å². The summed E-state index contributed by atoms with van der Waals surface area (Å²) in [5.74, 6) is 1.80. The fourth-order valence-corrected chi connectivity index (χ4v) is 2.81. The summed E-state index contributed by atoms with van der Waals surface area (Å²) in [6.45, 7) is 0.